The van der Waals surface area contributed by atoms with Gasteiger partial charge in [-0.25, -0.2) is 0 Å². The molecule has 0 atom stereocenters. The van der Waals surface area contributed by atoms with Crippen molar-refractivity contribution < 1.29 is 9.53 Å². The summed E-state index contributed by atoms with van der Waals surface area (Å²) in [5.74, 6) is 1.95. The van der Waals surface area contributed by atoms with Crippen LogP contribution in [0.5, 0.6) is 5.75 Å². The third kappa shape index (κ3) is 5.13. The average Bonchev–Trinajstić information content (AvgIpc) is 2.94. The Morgan fingerprint density at radius 2 is 2.12 bits per heavy atom. The fraction of sp³-hybridized carbons (Fsp3) is 0.353. The molecule has 2 aromatic rings. The van der Waals surface area contributed by atoms with Crippen LogP contribution >= 0.6 is 11.8 Å². The normalized spacial score (nSPS) is 10.4. The van der Waals surface area contributed by atoms with E-state index in [2.05, 4.69) is 22.1 Å². The van der Waals surface area contributed by atoms with Gasteiger partial charge in [0.25, 0.3) is 0 Å². The highest BCUT2D eigenvalue weighted by Crippen LogP contribution is 2.16. The summed E-state index contributed by atoms with van der Waals surface area (Å²) in [4.78, 5) is 12.0. The van der Waals surface area contributed by atoms with Crippen molar-refractivity contribution in [1.29, 1.82) is 0 Å². The molecule has 1 aromatic carbocycles. The molecule has 6 nitrogen and oxygen atoms in total. The van der Waals surface area contributed by atoms with Gasteiger partial charge in [-0.1, -0.05) is 30.0 Å². The van der Waals surface area contributed by atoms with Crippen molar-refractivity contribution in [2.75, 3.05) is 19.4 Å². The first-order valence-electron chi connectivity index (χ1n) is 7.67. The summed E-state index contributed by atoms with van der Waals surface area (Å²) in [5, 5.41) is 11.8. The molecular weight excluding hydrogens is 324 g/mol. The zero-order valence-electron chi connectivity index (χ0n) is 14.0. The molecule has 0 spiro atoms. The van der Waals surface area contributed by atoms with Crippen LogP contribution in [0.1, 0.15) is 11.4 Å². The second-order valence-electron chi connectivity index (χ2n) is 5.17. The van der Waals surface area contributed by atoms with Crippen LogP contribution in [0.4, 0.5) is 0 Å². The zero-order chi connectivity index (χ0) is 17.4. The molecule has 0 saturated carbocycles. The van der Waals surface area contributed by atoms with Crippen LogP contribution in [-0.4, -0.2) is 40.1 Å². The Morgan fingerprint density at radius 1 is 1.38 bits per heavy atom. The number of thioether (sulfide) groups is 1. The minimum atomic E-state index is -0.0145. The molecule has 1 aromatic heterocycles. The Labute approximate surface area is 146 Å². The lowest BCUT2D eigenvalue weighted by atomic mass is 10.1. The van der Waals surface area contributed by atoms with Gasteiger partial charge in [0.2, 0.25) is 5.91 Å². The van der Waals surface area contributed by atoms with E-state index in [9.17, 15) is 4.79 Å². The van der Waals surface area contributed by atoms with Gasteiger partial charge < -0.3 is 14.6 Å². The molecule has 2 rings (SSSR count). The maximum absolute atomic E-state index is 12.0. The molecule has 0 fully saturated rings. The van der Waals surface area contributed by atoms with Gasteiger partial charge in [-0.3, -0.25) is 4.79 Å². The lowest BCUT2D eigenvalue weighted by Gasteiger charge is -2.07. The summed E-state index contributed by atoms with van der Waals surface area (Å²) in [5.41, 5.74) is 1.16. The van der Waals surface area contributed by atoms with Crippen molar-refractivity contribution in [3.8, 4) is 5.75 Å². The number of hydrogen-bond acceptors (Lipinski definition) is 5. The van der Waals surface area contributed by atoms with E-state index in [0.717, 1.165) is 28.7 Å². The van der Waals surface area contributed by atoms with Crippen molar-refractivity contribution in [2.24, 2.45) is 0 Å². The highest BCUT2D eigenvalue weighted by molar-refractivity contribution is 7.99. The Kier molecular flexibility index (Phi) is 6.87. The van der Waals surface area contributed by atoms with Crippen LogP contribution in [0.3, 0.4) is 0 Å². The molecule has 0 saturated heterocycles. The molecule has 0 aliphatic heterocycles. The highest BCUT2D eigenvalue weighted by atomic mass is 32.2. The predicted octanol–water partition coefficient (Wildman–Crippen LogP) is 2.23. The Balaban J connectivity index is 1.74. The van der Waals surface area contributed by atoms with Gasteiger partial charge in [0.15, 0.2) is 5.16 Å². The quantitative estimate of drug-likeness (QED) is 0.557. The topological polar surface area (TPSA) is 69.0 Å². The van der Waals surface area contributed by atoms with Crippen LogP contribution in [0.15, 0.2) is 42.1 Å². The van der Waals surface area contributed by atoms with Gasteiger partial charge in [0.05, 0.1) is 12.9 Å². The second kappa shape index (κ2) is 9.12. The summed E-state index contributed by atoms with van der Waals surface area (Å²) in [7, 11) is 1.64. The van der Waals surface area contributed by atoms with Crippen LogP contribution in [0, 0.1) is 6.92 Å². The second-order valence-corrected chi connectivity index (χ2v) is 6.11. The molecule has 1 heterocycles. The third-order valence-electron chi connectivity index (χ3n) is 3.44. The number of hydrogen-bond donors (Lipinski definition) is 1. The summed E-state index contributed by atoms with van der Waals surface area (Å²) >= 11 is 1.38. The Morgan fingerprint density at radius 3 is 2.79 bits per heavy atom. The molecule has 1 amide bonds. The third-order valence-corrected chi connectivity index (χ3v) is 4.41. The highest BCUT2D eigenvalue weighted by Gasteiger charge is 2.10. The number of allylic oxidation sites excluding steroid dienone is 1. The van der Waals surface area contributed by atoms with Crippen molar-refractivity contribution in [2.45, 2.75) is 25.0 Å². The standard InChI is InChI=1S/C17H22N4O2S/c1-4-11-21-13(2)19-20-17(21)24-12-16(22)18-10-9-14-5-7-15(23-3)8-6-14/h4-8H,1,9-12H2,2-3H3,(H,18,22). The maximum Gasteiger partial charge on any atom is 0.230 e. The first kappa shape index (κ1) is 18.1. The van der Waals surface area contributed by atoms with E-state index in [4.69, 9.17) is 4.74 Å². The number of nitrogens with zero attached hydrogens (tertiary/aromatic N) is 3. The molecule has 0 aliphatic rings. The number of aromatic nitrogens is 3. The van der Waals surface area contributed by atoms with Gasteiger partial charge in [-0.05, 0) is 31.0 Å². The van der Waals surface area contributed by atoms with Gasteiger partial charge in [-0.2, -0.15) is 0 Å². The number of aryl methyl sites for hydroxylation is 1. The first-order valence-corrected chi connectivity index (χ1v) is 8.65. The summed E-state index contributed by atoms with van der Waals surface area (Å²) in [6.07, 6.45) is 2.57. The number of carbonyl (C=O) groups excluding carboxylic acids is 1. The number of benzene rings is 1. The molecule has 7 heteroatoms. The van der Waals surface area contributed by atoms with E-state index >= 15 is 0 Å². The molecule has 0 aliphatic carbocycles. The largest absolute Gasteiger partial charge is 0.497 e. The number of carbonyl (C=O) groups is 1. The minimum absolute atomic E-state index is 0.0145. The van der Waals surface area contributed by atoms with Crippen molar-refractivity contribution in [1.82, 2.24) is 20.1 Å². The average molecular weight is 346 g/mol. The van der Waals surface area contributed by atoms with Gasteiger partial charge in [0, 0.05) is 13.1 Å². The molecule has 0 radical (unpaired) electrons. The lowest BCUT2D eigenvalue weighted by Crippen LogP contribution is -2.27. The Hall–Kier alpha value is -2.28. The van der Waals surface area contributed by atoms with Gasteiger partial charge in [0.1, 0.15) is 11.6 Å². The maximum atomic E-state index is 12.0. The smallest absolute Gasteiger partial charge is 0.230 e. The number of methoxy groups -OCH3 is 1. The van der Waals surface area contributed by atoms with Crippen LogP contribution in [0.25, 0.3) is 0 Å². The van der Waals surface area contributed by atoms with Crippen LogP contribution < -0.4 is 10.1 Å². The van der Waals surface area contributed by atoms with Crippen molar-refractivity contribution >= 4 is 17.7 Å². The van der Waals surface area contributed by atoms with E-state index in [1.54, 1.807) is 13.2 Å². The lowest BCUT2D eigenvalue weighted by molar-refractivity contribution is -0.118. The number of nitrogens with one attached hydrogen (secondary N) is 1. The van der Waals surface area contributed by atoms with Crippen LogP contribution in [0.2, 0.25) is 0 Å². The van der Waals surface area contributed by atoms with E-state index in [-0.39, 0.29) is 5.91 Å². The van der Waals surface area contributed by atoms with Gasteiger partial charge in [-0.15, -0.1) is 16.8 Å². The summed E-state index contributed by atoms with van der Waals surface area (Å²) in [6, 6.07) is 7.84. The van der Waals surface area contributed by atoms with E-state index in [1.807, 2.05) is 35.8 Å². The number of rotatable bonds is 9. The molecule has 0 bridgehead atoms. The SMILES string of the molecule is C=CCn1c(C)nnc1SCC(=O)NCCc1ccc(OC)cc1. The zero-order valence-corrected chi connectivity index (χ0v) is 14.8. The predicted molar refractivity (Wildman–Crippen MR) is 95.4 cm³/mol. The summed E-state index contributed by atoms with van der Waals surface area (Å²) in [6.45, 7) is 6.85. The Bertz CT molecular complexity index is 682. The summed E-state index contributed by atoms with van der Waals surface area (Å²) < 4.78 is 7.06. The molecule has 1 N–H and O–H groups in total. The molecular formula is C17H22N4O2S. The first-order chi connectivity index (χ1) is 11.6. The monoisotopic (exact) mass is 346 g/mol. The molecule has 24 heavy (non-hydrogen) atoms. The fourth-order valence-electron chi connectivity index (χ4n) is 2.13. The van der Waals surface area contributed by atoms with Gasteiger partial charge >= 0.3 is 0 Å². The van der Waals surface area contributed by atoms with E-state index < -0.39 is 0 Å². The van der Waals surface area contributed by atoms with E-state index in [0.29, 0.717) is 18.8 Å². The fourth-order valence-corrected chi connectivity index (χ4v) is 2.95. The van der Waals surface area contributed by atoms with E-state index in [1.165, 1.54) is 11.8 Å². The van der Waals surface area contributed by atoms with Crippen molar-refractivity contribution in [3.63, 3.8) is 0 Å². The number of ether oxygens (including phenoxy) is 1. The van der Waals surface area contributed by atoms with Crippen LogP contribution in [-0.2, 0) is 17.8 Å². The minimum Gasteiger partial charge on any atom is -0.497 e. The molecule has 128 valence electrons. The number of amides is 1. The molecule has 0 unspecified atom stereocenters. The van der Waals surface area contributed by atoms with Crippen molar-refractivity contribution in [3.05, 3.63) is 48.3 Å².